The number of hydrogen-bond acceptors (Lipinski definition) is 4. The Morgan fingerprint density at radius 1 is 1.08 bits per heavy atom. The van der Waals surface area contributed by atoms with E-state index < -0.39 is 12.2 Å². The van der Waals surface area contributed by atoms with Crippen LogP contribution in [0.3, 0.4) is 0 Å². The number of carbonyl (C=O) groups excluding carboxylic acids is 2. The Labute approximate surface area is 153 Å². The molecule has 0 unspecified atom stereocenters. The molecule has 6 nitrogen and oxygen atoms in total. The SMILES string of the molecule is CN(C)C(=O)[C@H](Cc1ccccc1)OC(=O)NCc1ccncc1.Cl. The summed E-state index contributed by atoms with van der Waals surface area (Å²) in [7, 11) is 3.27. The van der Waals surface area contributed by atoms with Crippen molar-refractivity contribution in [3.8, 4) is 0 Å². The third kappa shape index (κ3) is 6.81. The van der Waals surface area contributed by atoms with Gasteiger partial charge in [-0.3, -0.25) is 9.78 Å². The van der Waals surface area contributed by atoms with Crippen LogP contribution < -0.4 is 5.32 Å². The van der Waals surface area contributed by atoms with E-state index >= 15 is 0 Å². The average molecular weight is 364 g/mol. The first-order valence-corrected chi connectivity index (χ1v) is 7.64. The van der Waals surface area contributed by atoms with Crippen LogP contribution in [0.4, 0.5) is 4.79 Å². The number of pyridine rings is 1. The van der Waals surface area contributed by atoms with E-state index in [1.165, 1.54) is 4.90 Å². The molecule has 0 fully saturated rings. The van der Waals surface area contributed by atoms with E-state index in [9.17, 15) is 9.59 Å². The summed E-state index contributed by atoms with van der Waals surface area (Å²) in [5, 5.41) is 2.65. The summed E-state index contributed by atoms with van der Waals surface area (Å²) in [6.07, 6.45) is 2.15. The lowest BCUT2D eigenvalue weighted by Crippen LogP contribution is -2.40. The topological polar surface area (TPSA) is 71.5 Å². The molecular formula is C18H22ClN3O3. The maximum atomic E-state index is 12.3. The molecule has 7 heteroatoms. The van der Waals surface area contributed by atoms with Crippen molar-refractivity contribution in [2.24, 2.45) is 0 Å². The Bertz CT molecular complexity index is 666. The summed E-state index contributed by atoms with van der Waals surface area (Å²) in [5.74, 6) is -0.252. The second-order valence-electron chi connectivity index (χ2n) is 5.53. The molecule has 2 aromatic rings. The van der Waals surface area contributed by atoms with Crippen LogP contribution >= 0.6 is 12.4 Å². The molecule has 0 bridgehead atoms. The number of amides is 2. The van der Waals surface area contributed by atoms with Gasteiger partial charge in [0.2, 0.25) is 0 Å². The number of aromatic nitrogens is 1. The standard InChI is InChI=1S/C18H21N3O3.ClH/c1-21(2)17(22)16(12-14-6-4-3-5-7-14)24-18(23)20-13-15-8-10-19-11-9-15;/h3-11,16H,12-13H2,1-2H3,(H,20,23);1H/t16-;/m0./s1. The Kier molecular flexibility index (Phi) is 8.43. The van der Waals surface area contributed by atoms with E-state index in [0.717, 1.165) is 11.1 Å². The Hall–Kier alpha value is -2.60. The first kappa shape index (κ1) is 20.4. The number of carbonyl (C=O) groups is 2. The van der Waals surface area contributed by atoms with Crippen LogP contribution in [0.2, 0.25) is 0 Å². The predicted molar refractivity (Wildman–Crippen MR) is 97.4 cm³/mol. The molecule has 2 amide bonds. The quantitative estimate of drug-likeness (QED) is 0.855. The van der Waals surface area contributed by atoms with E-state index in [1.54, 1.807) is 38.6 Å². The van der Waals surface area contributed by atoms with Gasteiger partial charge in [-0.2, -0.15) is 0 Å². The van der Waals surface area contributed by atoms with Gasteiger partial charge in [0.1, 0.15) is 0 Å². The summed E-state index contributed by atoms with van der Waals surface area (Å²) in [6.45, 7) is 0.315. The molecule has 0 aliphatic rings. The molecule has 134 valence electrons. The number of likely N-dealkylation sites (N-methyl/N-ethyl adjacent to an activating group) is 1. The van der Waals surface area contributed by atoms with E-state index in [4.69, 9.17) is 4.74 Å². The second-order valence-corrected chi connectivity index (χ2v) is 5.53. The van der Waals surface area contributed by atoms with Crippen molar-refractivity contribution in [3.05, 3.63) is 66.0 Å². The molecule has 0 radical (unpaired) electrons. The lowest BCUT2D eigenvalue weighted by atomic mass is 10.1. The van der Waals surface area contributed by atoms with Crippen LogP contribution in [0.1, 0.15) is 11.1 Å². The van der Waals surface area contributed by atoms with Gasteiger partial charge in [-0.05, 0) is 23.3 Å². The fraction of sp³-hybridized carbons (Fsp3) is 0.278. The minimum atomic E-state index is -0.861. The van der Waals surface area contributed by atoms with Crippen molar-refractivity contribution in [1.82, 2.24) is 15.2 Å². The Morgan fingerprint density at radius 3 is 2.32 bits per heavy atom. The molecule has 1 aromatic carbocycles. The Balaban J connectivity index is 0.00000312. The molecule has 0 saturated carbocycles. The van der Waals surface area contributed by atoms with Gasteiger partial charge in [0.25, 0.3) is 5.91 Å². The van der Waals surface area contributed by atoms with Crippen molar-refractivity contribution in [1.29, 1.82) is 0 Å². The van der Waals surface area contributed by atoms with Crippen molar-refractivity contribution < 1.29 is 14.3 Å². The maximum absolute atomic E-state index is 12.3. The molecule has 0 aliphatic heterocycles. The summed E-state index contributed by atoms with van der Waals surface area (Å²) in [4.78, 5) is 29.6. The number of alkyl carbamates (subject to hydrolysis) is 1. The third-order valence-corrected chi connectivity index (χ3v) is 3.42. The molecule has 1 atom stereocenters. The minimum absolute atomic E-state index is 0. The molecule has 25 heavy (non-hydrogen) atoms. The van der Waals surface area contributed by atoms with Crippen molar-refractivity contribution in [2.75, 3.05) is 14.1 Å². The van der Waals surface area contributed by atoms with Gasteiger partial charge >= 0.3 is 6.09 Å². The average Bonchev–Trinajstić information content (AvgIpc) is 2.60. The smallest absolute Gasteiger partial charge is 0.408 e. The fourth-order valence-corrected chi connectivity index (χ4v) is 2.14. The number of benzene rings is 1. The lowest BCUT2D eigenvalue weighted by Gasteiger charge is -2.21. The van der Waals surface area contributed by atoms with Crippen molar-refractivity contribution >= 4 is 24.4 Å². The molecule has 0 spiro atoms. The van der Waals surface area contributed by atoms with E-state index in [-0.39, 0.29) is 18.3 Å². The van der Waals surface area contributed by atoms with Crippen LogP contribution in [0, 0.1) is 0 Å². The first-order valence-electron chi connectivity index (χ1n) is 7.64. The van der Waals surface area contributed by atoms with Gasteiger partial charge in [0.05, 0.1) is 0 Å². The highest BCUT2D eigenvalue weighted by molar-refractivity contribution is 5.85. The zero-order valence-electron chi connectivity index (χ0n) is 14.2. The number of halogens is 1. The molecule has 0 aliphatic carbocycles. The summed E-state index contributed by atoms with van der Waals surface area (Å²) in [6, 6.07) is 13.1. The van der Waals surface area contributed by atoms with Crippen LogP contribution in [0.15, 0.2) is 54.9 Å². The number of nitrogens with one attached hydrogen (secondary N) is 1. The number of nitrogens with zero attached hydrogens (tertiary/aromatic N) is 2. The monoisotopic (exact) mass is 363 g/mol. The highest BCUT2D eigenvalue weighted by atomic mass is 35.5. The molecule has 2 rings (SSSR count). The highest BCUT2D eigenvalue weighted by Crippen LogP contribution is 2.09. The van der Waals surface area contributed by atoms with E-state index in [2.05, 4.69) is 10.3 Å². The summed E-state index contributed by atoms with van der Waals surface area (Å²) in [5.41, 5.74) is 1.83. The summed E-state index contributed by atoms with van der Waals surface area (Å²) < 4.78 is 5.34. The van der Waals surface area contributed by atoms with Crippen molar-refractivity contribution in [3.63, 3.8) is 0 Å². The Morgan fingerprint density at radius 2 is 1.72 bits per heavy atom. The molecular weight excluding hydrogens is 342 g/mol. The summed E-state index contributed by atoms with van der Waals surface area (Å²) >= 11 is 0. The van der Waals surface area contributed by atoms with Crippen LogP contribution in [0.25, 0.3) is 0 Å². The molecule has 1 heterocycles. The predicted octanol–water partition coefficient (Wildman–Crippen LogP) is 2.43. The third-order valence-electron chi connectivity index (χ3n) is 3.42. The number of hydrogen-bond donors (Lipinski definition) is 1. The first-order chi connectivity index (χ1) is 11.6. The van der Waals surface area contributed by atoms with Gasteiger partial charge in [-0.25, -0.2) is 4.79 Å². The normalized spacial score (nSPS) is 11.0. The van der Waals surface area contributed by atoms with Crippen LogP contribution in [-0.2, 0) is 22.5 Å². The van der Waals surface area contributed by atoms with Gasteiger partial charge in [-0.1, -0.05) is 30.3 Å². The van der Waals surface area contributed by atoms with Gasteiger partial charge in [0, 0.05) is 39.5 Å². The van der Waals surface area contributed by atoms with E-state index in [1.807, 2.05) is 30.3 Å². The largest absolute Gasteiger partial charge is 0.436 e. The van der Waals surface area contributed by atoms with Crippen LogP contribution in [0.5, 0.6) is 0 Å². The van der Waals surface area contributed by atoms with Gasteiger partial charge in [-0.15, -0.1) is 12.4 Å². The number of rotatable bonds is 6. The zero-order valence-corrected chi connectivity index (χ0v) is 15.0. The zero-order chi connectivity index (χ0) is 17.4. The molecule has 1 N–H and O–H groups in total. The van der Waals surface area contributed by atoms with Gasteiger partial charge in [0.15, 0.2) is 6.10 Å². The van der Waals surface area contributed by atoms with Gasteiger partial charge < -0.3 is 15.0 Å². The van der Waals surface area contributed by atoms with Crippen molar-refractivity contribution in [2.45, 2.75) is 19.1 Å². The highest BCUT2D eigenvalue weighted by Gasteiger charge is 2.24. The maximum Gasteiger partial charge on any atom is 0.408 e. The molecule has 1 aromatic heterocycles. The minimum Gasteiger partial charge on any atom is -0.436 e. The lowest BCUT2D eigenvalue weighted by molar-refractivity contribution is -0.137. The molecule has 0 saturated heterocycles. The van der Waals surface area contributed by atoms with Crippen LogP contribution in [-0.4, -0.2) is 42.1 Å². The second kappa shape index (κ2) is 10.3. The fourth-order valence-electron chi connectivity index (χ4n) is 2.14. The van der Waals surface area contributed by atoms with E-state index in [0.29, 0.717) is 13.0 Å². The number of ether oxygens (including phenoxy) is 1.